The number of aliphatic carboxylic acids is 1. The maximum Gasteiger partial charge on any atom is 0.323 e. The number of benzene rings is 1. The van der Waals surface area contributed by atoms with E-state index in [-0.39, 0.29) is 17.2 Å². The molecule has 0 bridgehead atoms. The van der Waals surface area contributed by atoms with Gasteiger partial charge in [-0.3, -0.25) is 4.79 Å². The van der Waals surface area contributed by atoms with Crippen LogP contribution in [0.3, 0.4) is 0 Å². The highest BCUT2D eigenvalue weighted by Gasteiger charge is 2.43. The average molecular weight is 362 g/mol. The SMILES string of the molecule is O=C(O)C1(NCCS(=O)(=O)c2ccc(Br)cc2)CCC1. The van der Waals surface area contributed by atoms with E-state index >= 15 is 0 Å². The Balaban J connectivity index is 1.96. The third-order valence-corrected chi connectivity index (χ3v) is 5.88. The molecule has 2 N–H and O–H groups in total. The molecule has 0 saturated heterocycles. The predicted molar refractivity (Wildman–Crippen MR) is 78.4 cm³/mol. The summed E-state index contributed by atoms with van der Waals surface area (Å²) in [6.07, 6.45) is 1.97. The van der Waals surface area contributed by atoms with Gasteiger partial charge in [-0.05, 0) is 43.5 Å². The van der Waals surface area contributed by atoms with Crippen molar-refractivity contribution in [1.29, 1.82) is 0 Å². The summed E-state index contributed by atoms with van der Waals surface area (Å²) in [6, 6.07) is 6.42. The Morgan fingerprint density at radius 1 is 1.30 bits per heavy atom. The van der Waals surface area contributed by atoms with Crippen molar-refractivity contribution in [3.8, 4) is 0 Å². The van der Waals surface area contributed by atoms with Crippen molar-refractivity contribution in [2.75, 3.05) is 12.3 Å². The zero-order chi connectivity index (χ0) is 14.8. The van der Waals surface area contributed by atoms with E-state index in [9.17, 15) is 13.2 Å². The van der Waals surface area contributed by atoms with Crippen molar-refractivity contribution in [2.45, 2.75) is 29.7 Å². The van der Waals surface area contributed by atoms with E-state index in [1.165, 1.54) is 12.1 Å². The predicted octanol–water partition coefficient (Wildman–Crippen LogP) is 1.82. The van der Waals surface area contributed by atoms with Crippen molar-refractivity contribution < 1.29 is 18.3 Å². The average Bonchev–Trinajstić information content (AvgIpc) is 2.32. The zero-order valence-electron chi connectivity index (χ0n) is 10.8. The van der Waals surface area contributed by atoms with Gasteiger partial charge in [-0.25, -0.2) is 8.42 Å². The van der Waals surface area contributed by atoms with Crippen LogP contribution < -0.4 is 5.32 Å². The number of hydrogen-bond donors (Lipinski definition) is 2. The molecule has 0 amide bonds. The van der Waals surface area contributed by atoms with Crippen LogP contribution in [0.15, 0.2) is 33.6 Å². The second-order valence-electron chi connectivity index (χ2n) is 4.94. The molecular formula is C13H16BrNO4S. The maximum absolute atomic E-state index is 12.1. The van der Waals surface area contributed by atoms with Crippen LogP contribution in [0.25, 0.3) is 0 Å². The lowest BCUT2D eigenvalue weighted by Crippen LogP contribution is -2.58. The van der Waals surface area contributed by atoms with Gasteiger partial charge < -0.3 is 10.4 Å². The molecule has 0 radical (unpaired) electrons. The summed E-state index contributed by atoms with van der Waals surface area (Å²) in [6.45, 7) is 0.144. The Kier molecular flexibility index (Phi) is 4.51. The number of carbonyl (C=O) groups is 1. The Morgan fingerprint density at radius 3 is 2.35 bits per heavy atom. The Hall–Kier alpha value is -0.920. The molecule has 0 aliphatic heterocycles. The Bertz CT molecular complexity index is 593. The first kappa shape index (κ1) is 15.5. The van der Waals surface area contributed by atoms with Gasteiger partial charge in [0.1, 0.15) is 5.54 Å². The van der Waals surface area contributed by atoms with Crippen LogP contribution in [0, 0.1) is 0 Å². The number of hydrogen-bond acceptors (Lipinski definition) is 4. The topological polar surface area (TPSA) is 83.5 Å². The highest BCUT2D eigenvalue weighted by Crippen LogP contribution is 2.31. The summed E-state index contributed by atoms with van der Waals surface area (Å²) in [5, 5.41) is 12.0. The van der Waals surface area contributed by atoms with Gasteiger partial charge in [0, 0.05) is 11.0 Å². The van der Waals surface area contributed by atoms with Crippen LogP contribution in [-0.4, -0.2) is 37.3 Å². The number of carboxylic acid groups (broad SMARTS) is 1. The van der Waals surface area contributed by atoms with E-state index in [0.717, 1.165) is 10.9 Å². The lowest BCUT2D eigenvalue weighted by atomic mass is 9.77. The smallest absolute Gasteiger partial charge is 0.323 e. The molecule has 0 spiro atoms. The zero-order valence-corrected chi connectivity index (χ0v) is 13.2. The van der Waals surface area contributed by atoms with Crippen molar-refractivity contribution in [2.24, 2.45) is 0 Å². The fraction of sp³-hybridized carbons (Fsp3) is 0.462. The van der Waals surface area contributed by atoms with E-state index in [4.69, 9.17) is 5.11 Å². The Labute approximate surface area is 126 Å². The quantitative estimate of drug-likeness (QED) is 0.807. The fourth-order valence-corrected chi connectivity index (χ4v) is 3.60. The number of nitrogens with one attached hydrogen (secondary N) is 1. The van der Waals surface area contributed by atoms with Crippen molar-refractivity contribution >= 4 is 31.7 Å². The number of carboxylic acids is 1. The maximum atomic E-state index is 12.1. The molecule has 1 aliphatic rings. The van der Waals surface area contributed by atoms with Crippen LogP contribution in [0.2, 0.25) is 0 Å². The molecule has 1 saturated carbocycles. The van der Waals surface area contributed by atoms with Gasteiger partial charge in [0.2, 0.25) is 0 Å². The van der Waals surface area contributed by atoms with E-state index in [0.29, 0.717) is 12.8 Å². The van der Waals surface area contributed by atoms with E-state index < -0.39 is 21.3 Å². The fourth-order valence-electron chi connectivity index (χ4n) is 2.18. The first-order valence-corrected chi connectivity index (χ1v) is 8.77. The van der Waals surface area contributed by atoms with Gasteiger partial charge in [-0.1, -0.05) is 15.9 Å². The molecule has 0 aromatic heterocycles. The van der Waals surface area contributed by atoms with E-state index in [2.05, 4.69) is 21.2 Å². The molecule has 0 unspecified atom stereocenters. The summed E-state index contributed by atoms with van der Waals surface area (Å²) >= 11 is 3.25. The molecule has 20 heavy (non-hydrogen) atoms. The minimum Gasteiger partial charge on any atom is -0.480 e. The van der Waals surface area contributed by atoms with Gasteiger partial charge in [0.25, 0.3) is 0 Å². The largest absolute Gasteiger partial charge is 0.480 e. The van der Waals surface area contributed by atoms with E-state index in [1.807, 2.05) is 0 Å². The molecule has 2 rings (SSSR count). The van der Waals surface area contributed by atoms with Crippen LogP contribution >= 0.6 is 15.9 Å². The van der Waals surface area contributed by atoms with Crippen LogP contribution in [-0.2, 0) is 14.6 Å². The summed E-state index contributed by atoms with van der Waals surface area (Å²) < 4.78 is 25.0. The number of halogens is 1. The lowest BCUT2D eigenvalue weighted by Gasteiger charge is -2.38. The van der Waals surface area contributed by atoms with Crippen molar-refractivity contribution in [3.05, 3.63) is 28.7 Å². The molecule has 5 nitrogen and oxygen atoms in total. The molecule has 0 heterocycles. The minimum absolute atomic E-state index is 0.107. The molecule has 1 aliphatic carbocycles. The molecule has 1 aromatic carbocycles. The first-order chi connectivity index (χ1) is 9.36. The highest BCUT2D eigenvalue weighted by molar-refractivity contribution is 9.10. The normalized spacial score (nSPS) is 17.4. The standard InChI is InChI=1S/C13H16BrNO4S/c14-10-2-4-11(5-3-10)20(18,19)9-8-15-13(12(16)17)6-1-7-13/h2-5,15H,1,6-9H2,(H,16,17). The monoisotopic (exact) mass is 361 g/mol. The van der Waals surface area contributed by atoms with Crippen molar-refractivity contribution in [3.63, 3.8) is 0 Å². The van der Waals surface area contributed by atoms with Crippen LogP contribution in [0.1, 0.15) is 19.3 Å². The number of sulfone groups is 1. The van der Waals surface area contributed by atoms with Gasteiger partial charge in [-0.2, -0.15) is 0 Å². The summed E-state index contributed by atoms with van der Waals surface area (Å²) in [7, 11) is -3.39. The second kappa shape index (κ2) is 5.83. The second-order valence-corrected chi connectivity index (χ2v) is 7.97. The van der Waals surface area contributed by atoms with E-state index in [1.54, 1.807) is 12.1 Å². The molecule has 0 atom stereocenters. The van der Waals surface area contributed by atoms with Crippen molar-refractivity contribution in [1.82, 2.24) is 5.32 Å². The third-order valence-electron chi connectivity index (χ3n) is 3.62. The highest BCUT2D eigenvalue weighted by atomic mass is 79.9. The minimum atomic E-state index is -3.39. The molecule has 1 aromatic rings. The van der Waals surface area contributed by atoms with Gasteiger partial charge in [-0.15, -0.1) is 0 Å². The number of rotatable bonds is 6. The molecule has 110 valence electrons. The Morgan fingerprint density at radius 2 is 1.90 bits per heavy atom. The molecular weight excluding hydrogens is 346 g/mol. The van der Waals surface area contributed by atoms with Crippen LogP contribution in [0.5, 0.6) is 0 Å². The summed E-state index contributed by atoms with van der Waals surface area (Å²) in [5.74, 6) is -1.01. The molecule has 7 heteroatoms. The van der Waals surface area contributed by atoms with Crippen LogP contribution in [0.4, 0.5) is 0 Å². The third kappa shape index (κ3) is 3.21. The summed E-state index contributed by atoms with van der Waals surface area (Å²) in [5.41, 5.74) is -0.921. The van der Waals surface area contributed by atoms with Gasteiger partial charge >= 0.3 is 5.97 Å². The molecule has 1 fully saturated rings. The van der Waals surface area contributed by atoms with Gasteiger partial charge in [0.15, 0.2) is 9.84 Å². The van der Waals surface area contributed by atoms with Gasteiger partial charge in [0.05, 0.1) is 10.6 Å². The first-order valence-electron chi connectivity index (χ1n) is 6.32. The summed E-state index contributed by atoms with van der Waals surface area (Å²) in [4.78, 5) is 11.4. The lowest BCUT2D eigenvalue weighted by molar-refractivity contribution is -0.148.